The van der Waals surface area contributed by atoms with Gasteiger partial charge in [0.1, 0.15) is 18.8 Å². The van der Waals surface area contributed by atoms with Crippen molar-refractivity contribution in [2.45, 2.75) is 0 Å². The van der Waals surface area contributed by atoms with Crippen LogP contribution >= 0.6 is 0 Å². The summed E-state index contributed by atoms with van der Waals surface area (Å²) in [4.78, 5) is 35.5. The lowest BCUT2D eigenvalue weighted by atomic mass is 10.2. The molecule has 0 spiro atoms. The van der Waals surface area contributed by atoms with Gasteiger partial charge in [0.15, 0.2) is 0 Å². The number of nitrogens with one attached hydrogen (secondary N) is 1. The van der Waals surface area contributed by atoms with Gasteiger partial charge in [-0.05, 0) is 0 Å². The van der Waals surface area contributed by atoms with Gasteiger partial charge in [-0.3, -0.25) is 24.4 Å². The molecule has 90 valence electrons. The molecule has 8 heteroatoms. The van der Waals surface area contributed by atoms with Crippen LogP contribution in [0.15, 0.2) is 6.20 Å². The smallest absolute Gasteiger partial charge is 0.275 e. The molecule has 17 heavy (non-hydrogen) atoms. The molecule has 3 N–H and O–H groups in total. The van der Waals surface area contributed by atoms with Crippen molar-refractivity contribution in [3.8, 4) is 0 Å². The zero-order valence-electron chi connectivity index (χ0n) is 9.14. The van der Waals surface area contributed by atoms with Gasteiger partial charge in [-0.15, -0.1) is 0 Å². The molecule has 1 saturated heterocycles. The molecule has 0 aliphatic carbocycles. The summed E-state index contributed by atoms with van der Waals surface area (Å²) in [5.74, 6) is -1.49. The number of carbonyl (C=O) groups is 3. The van der Waals surface area contributed by atoms with E-state index in [1.807, 2.05) is 0 Å². The maximum absolute atomic E-state index is 12.0. The quantitative estimate of drug-likeness (QED) is 0.554. The van der Waals surface area contributed by atoms with Gasteiger partial charge in [0, 0.05) is 7.05 Å². The molecule has 3 amide bonds. The number of nitrogen functional groups attached to an aromatic ring is 1. The number of nitrogens with zero attached hydrogens (tertiary/aromatic N) is 3. The highest BCUT2D eigenvalue weighted by molar-refractivity contribution is 6.06. The molecule has 0 radical (unpaired) electrons. The predicted molar refractivity (Wildman–Crippen MR) is 56.7 cm³/mol. The maximum Gasteiger partial charge on any atom is 0.275 e. The predicted octanol–water partition coefficient (Wildman–Crippen LogP) is -1.90. The van der Waals surface area contributed by atoms with E-state index in [2.05, 4.69) is 10.4 Å². The van der Waals surface area contributed by atoms with E-state index in [4.69, 9.17) is 5.73 Å². The lowest BCUT2D eigenvalue weighted by Gasteiger charge is -2.25. The Labute approximate surface area is 96.4 Å². The van der Waals surface area contributed by atoms with Crippen LogP contribution in [0.2, 0.25) is 0 Å². The molecule has 2 rings (SSSR count). The first-order valence-electron chi connectivity index (χ1n) is 4.88. The molecule has 8 nitrogen and oxygen atoms in total. The third-order valence-corrected chi connectivity index (χ3v) is 2.40. The minimum Gasteiger partial charge on any atom is -0.396 e. The molecule has 0 bridgehead atoms. The molecule has 0 saturated carbocycles. The van der Waals surface area contributed by atoms with E-state index in [1.165, 1.54) is 10.9 Å². The summed E-state index contributed by atoms with van der Waals surface area (Å²) in [6.07, 6.45) is 1.35. The first-order valence-corrected chi connectivity index (χ1v) is 4.88. The second-order valence-corrected chi connectivity index (χ2v) is 3.70. The molecule has 1 aliphatic heterocycles. The standard InChI is InChI=1S/C9H11N5O3/c1-13-8(5(10)2-11-13)9(17)14-3-6(15)12-7(16)4-14/h2H,3-4,10H2,1H3,(H,12,15,16). The molecular formula is C9H11N5O3. The molecule has 2 heterocycles. The fourth-order valence-electron chi connectivity index (χ4n) is 1.65. The minimum atomic E-state index is -0.504. The second-order valence-electron chi connectivity index (χ2n) is 3.70. The average Bonchev–Trinajstić information content (AvgIpc) is 2.56. The van der Waals surface area contributed by atoms with Crippen LogP contribution in [0.1, 0.15) is 10.5 Å². The van der Waals surface area contributed by atoms with Crippen LogP contribution in [0, 0.1) is 0 Å². The first kappa shape index (κ1) is 11.1. The van der Waals surface area contributed by atoms with Gasteiger partial charge in [-0.25, -0.2) is 0 Å². The lowest BCUT2D eigenvalue weighted by Crippen LogP contribution is -2.53. The highest BCUT2D eigenvalue weighted by atomic mass is 16.2. The largest absolute Gasteiger partial charge is 0.396 e. The van der Waals surface area contributed by atoms with E-state index in [1.54, 1.807) is 7.05 Å². The van der Waals surface area contributed by atoms with E-state index in [0.29, 0.717) is 0 Å². The summed E-state index contributed by atoms with van der Waals surface area (Å²) in [5.41, 5.74) is 5.99. The summed E-state index contributed by atoms with van der Waals surface area (Å²) in [6.45, 7) is -0.315. The molecule has 0 aromatic carbocycles. The van der Waals surface area contributed by atoms with Gasteiger partial charge in [0.25, 0.3) is 5.91 Å². The number of aromatic nitrogens is 2. The van der Waals surface area contributed by atoms with Crippen LogP contribution in [0.4, 0.5) is 5.69 Å². The van der Waals surface area contributed by atoms with Crippen molar-refractivity contribution in [2.75, 3.05) is 18.8 Å². The monoisotopic (exact) mass is 237 g/mol. The van der Waals surface area contributed by atoms with Crippen molar-refractivity contribution < 1.29 is 14.4 Å². The van der Waals surface area contributed by atoms with Crippen molar-refractivity contribution in [2.24, 2.45) is 7.05 Å². The molecule has 0 unspecified atom stereocenters. The van der Waals surface area contributed by atoms with Crippen molar-refractivity contribution in [3.63, 3.8) is 0 Å². The van der Waals surface area contributed by atoms with Crippen molar-refractivity contribution in [1.29, 1.82) is 0 Å². The number of nitrogens with two attached hydrogens (primary N) is 1. The summed E-state index contributed by atoms with van der Waals surface area (Å²) in [6, 6.07) is 0. The zero-order valence-corrected chi connectivity index (χ0v) is 9.14. The molecule has 1 fully saturated rings. The molecule has 1 aliphatic rings. The second kappa shape index (κ2) is 3.89. The summed E-state index contributed by atoms with van der Waals surface area (Å²) in [5, 5.41) is 5.94. The number of piperazine rings is 1. The SMILES string of the molecule is Cn1ncc(N)c1C(=O)N1CC(=O)NC(=O)C1. The Morgan fingerprint density at radius 1 is 1.41 bits per heavy atom. The summed E-state index contributed by atoms with van der Waals surface area (Å²) in [7, 11) is 1.56. The summed E-state index contributed by atoms with van der Waals surface area (Å²) < 4.78 is 1.31. The van der Waals surface area contributed by atoms with E-state index in [0.717, 1.165) is 4.90 Å². The molecule has 1 aromatic rings. The normalized spacial score (nSPS) is 15.9. The van der Waals surface area contributed by atoms with Crippen LogP contribution < -0.4 is 11.1 Å². The van der Waals surface area contributed by atoms with E-state index < -0.39 is 17.7 Å². The minimum absolute atomic E-state index is 0.158. The number of imide groups is 1. The number of rotatable bonds is 1. The van der Waals surface area contributed by atoms with Crippen molar-refractivity contribution in [3.05, 3.63) is 11.9 Å². The topological polar surface area (TPSA) is 110 Å². The number of hydrogen-bond acceptors (Lipinski definition) is 5. The van der Waals surface area contributed by atoms with Crippen LogP contribution in [0.5, 0.6) is 0 Å². The Morgan fingerprint density at radius 3 is 2.47 bits per heavy atom. The first-order chi connectivity index (χ1) is 7.99. The van der Waals surface area contributed by atoms with Gasteiger partial charge in [-0.2, -0.15) is 5.10 Å². The Hall–Kier alpha value is -2.38. The maximum atomic E-state index is 12.0. The van der Waals surface area contributed by atoms with E-state index >= 15 is 0 Å². The average molecular weight is 237 g/mol. The van der Waals surface area contributed by atoms with Crippen LogP contribution in [0.25, 0.3) is 0 Å². The molecular weight excluding hydrogens is 226 g/mol. The molecule has 0 atom stereocenters. The number of aryl methyl sites for hydroxylation is 1. The van der Waals surface area contributed by atoms with Gasteiger partial charge in [0.2, 0.25) is 11.8 Å². The Balaban J connectivity index is 2.26. The Morgan fingerprint density at radius 2 is 2.00 bits per heavy atom. The lowest BCUT2D eigenvalue weighted by molar-refractivity contribution is -0.135. The number of anilines is 1. The van der Waals surface area contributed by atoms with Crippen LogP contribution in [-0.4, -0.2) is 45.5 Å². The van der Waals surface area contributed by atoms with Gasteiger partial charge >= 0.3 is 0 Å². The van der Waals surface area contributed by atoms with Gasteiger partial charge in [0.05, 0.1) is 11.9 Å². The zero-order chi connectivity index (χ0) is 12.6. The number of hydrogen-bond donors (Lipinski definition) is 2. The Kier molecular flexibility index (Phi) is 2.54. The van der Waals surface area contributed by atoms with Gasteiger partial charge < -0.3 is 10.6 Å². The fourth-order valence-corrected chi connectivity index (χ4v) is 1.65. The van der Waals surface area contributed by atoms with Crippen LogP contribution in [-0.2, 0) is 16.6 Å². The van der Waals surface area contributed by atoms with Gasteiger partial charge in [-0.1, -0.05) is 0 Å². The van der Waals surface area contributed by atoms with Crippen LogP contribution in [0.3, 0.4) is 0 Å². The highest BCUT2D eigenvalue weighted by Gasteiger charge is 2.29. The summed E-state index contributed by atoms with van der Waals surface area (Å²) >= 11 is 0. The number of amides is 3. The third-order valence-electron chi connectivity index (χ3n) is 2.40. The van der Waals surface area contributed by atoms with E-state index in [9.17, 15) is 14.4 Å². The highest BCUT2D eigenvalue weighted by Crippen LogP contribution is 2.13. The van der Waals surface area contributed by atoms with E-state index in [-0.39, 0.29) is 24.5 Å². The third kappa shape index (κ3) is 1.96. The van der Waals surface area contributed by atoms with Crippen molar-refractivity contribution in [1.82, 2.24) is 20.0 Å². The number of carbonyl (C=O) groups excluding carboxylic acids is 3. The fraction of sp³-hybridized carbons (Fsp3) is 0.333. The Bertz CT molecular complexity index is 471. The molecule has 1 aromatic heterocycles. The van der Waals surface area contributed by atoms with Crippen molar-refractivity contribution >= 4 is 23.4 Å².